The Hall–Kier alpha value is -2.34. The molecule has 3 heterocycles. The topological polar surface area (TPSA) is 40.9 Å². The maximum Gasteiger partial charge on any atom is 0.292 e. The smallest absolute Gasteiger partial charge is 0.285 e. The lowest BCUT2D eigenvalue weighted by atomic mass is 10.0. The van der Waals surface area contributed by atoms with Gasteiger partial charge >= 0.3 is 0 Å². The predicted molar refractivity (Wildman–Crippen MR) is 97.2 cm³/mol. The molecule has 0 radical (unpaired) electrons. The summed E-state index contributed by atoms with van der Waals surface area (Å²) in [5.74, 6) is -0.0792. The van der Waals surface area contributed by atoms with Crippen LogP contribution in [0.5, 0.6) is 0 Å². The summed E-state index contributed by atoms with van der Waals surface area (Å²) in [5, 5.41) is 8.13. The van der Waals surface area contributed by atoms with Gasteiger partial charge in [-0.25, -0.2) is 9.52 Å². The summed E-state index contributed by atoms with van der Waals surface area (Å²) in [6, 6.07) is 11.9. The van der Waals surface area contributed by atoms with Gasteiger partial charge in [-0.1, -0.05) is 12.1 Å². The van der Waals surface area contributed by atoms with Gasteiger partial charge in [0.25, 0.3) is 5.91 Å². The quantitative estimate of drug-likeness (QED) is 0.644. The van der Waals surface area contributed by atoms with Crippen molar-refractivity contribution < 1.29 is 4.79 Å². The highest BCUT2D eigenvalue weighted by molar-refractivity contribution is 9.10. The van der Waals surface area contributed by atoms with Crippen LogP contribution in [0.15, 0.2) is 47.1 Å². The van der Waals surface area contributed by atoms with E-state index in [1.165, 1.54) is 11.1 Å². The van der Waals surface area contributed by atoms with Crippen molar-refractivity contribution in [1.29, 1.82) is 0 Å². The van der Waals surface area contributed by atoms with Crippen molar-refractivity contribution in [2.45, 2.75) is 13.3 Å². The molecule has 0 bridgehead atoms. The van der Waals surface area contributed by atoms with Crippen LogP contribution in [-0.2, 0) is 6.42 Å². The number of halogens is 1. The first kappa shape index (κ1) is 15.2. The molecule has 6 heteroatoms. The van der Waals surface area contributed by atoms with E-state index in [2.05, 4.69) is 40.1 Å². The first-order chi connectivity index (χ1) is 11.5. The Kier molecular flexibility index (Phi) is 3.57. The van der Waals surface area contributed by atoms with Crippen LogP contribution >= 0.6 is 15.9 Å². The Morgan fingerprint density at radius 1 is 1.25 bits per heavy atom. The molecule has 0 spiro atoms. The molecule has 0 fully saturated rings. The van der Waals surface area contributed by atoms with Gasteiger partial charge in [0.05, 0.1) is 11.2 Å². The first-order valence-corrected chi connectivity index (χ1v) is 8.63. The summed E-state index contributed by atoms with van der Waals surface area (Å²) in [5.41, 5.74) is 5.02. The minimum Gasteiger partial charge on any atom is -0.285 e. The van der Waals surface area contributed by atoms with Gasteiger partial charge in [-0.2, -0.15) is 5.10 Å². The van der Waals surface area contributed by atoms with Gasteiger partial charge in [0.2, 0.25) is 0 Å². The monoisotopic (exact) mass is 384 g/mol. The van der Waals surface area contributed by atoms with Crippen molar-refractivity contribution >= 4 is 33.0 Å². The summed E-state index contributed by atoms with van der Waals surface area (Å²) in [7, 11) is 1.93. The summed E-state index contributed by atoms with van der Waals surface area (Å²) in [6.45, 7) is 2.77. The highest BCUT2D eigenvalue weighted by Crippen LogP contribution is 2.29. The standard InChI is InChI=1S/C18H17BrN4O/c1-12-4-3-5-17-15(12)8-9-23(21(17)2)18(24)16-10-14-7-6-13(19)11-22(14)20-16/h3-7,10-11H,8-9H2,1-2H3. The number of nitrogens with zero attached hydrogens (tertiary/aromatic N) is 4. The number of hydrazine groups is 1. The number of carbonyl (C=O) groups excluding carboxylic acids is 1. The molecular weight excluding hydrogens is 368 g/mol. The van der Waals surface area contributed by atoms with Gasteiger partial charge in [0.15, 0.2) is 5.69 Å². The van der Waals surface area contributed by atoms with Gasteiger partial charge in [-0.05, 0) is 64.7 Å². The van der Waals surface area contributed by atoms with Crippen molar-refractivity contribution in [2.24, 2.45) is 0 Å². The molecule has 1 aliphatic heterocycles. The third-order valence-corrected chi connectivity index (χ3v) is 5.02. The number of amides is 1. The lowest BCUT2D eigenvalue weighted by molar-refractivity contribution is 0.0732. The summed E-state index contributed by atoms with van der Waals surface area (Å²) < 4.78 is 2.65. The van der Waals surface area contributed by atoms with Crippen LogP contribution in [-0.4, -0.2) is 34.1 Å². The Morgan fingerprint density at radius 2 is 2.08 bits per heavy atom. The van der Waals surface area contributed by atoms with E-state index in [0.29, 0.717) is 12.2 Å². The molecule has 0 unspecified atom stereocenters. The van der Waals surface area contributed by atoms with Crippen LogP contribution < -0.4 is 5.01 Å². The number of benzene rings is 1. The Labute approximate surface area is 148 Å². The lowest BCUT2D eigenvalue weighted by Crippen LogP contribution is -2.48. The average molecular weight is 385 g/mol. The molecule has 122 valence electrons. The van der Waals surface area contributed by atoms with E-state index in [0.717, 1.165) is 22.1 Å². The molecular formula is C18H17BrN4O. The molecule has 1 aromatic carbocycles. The fourth-order valence-corrected chi connectivity index (χ4v) is 3.58. The van der Waals surface area contributed by atoms with Crippen LogP contribution in [0.2, 0.25) is 0 Å². The Bertz CT molecular complexity index is 949. The van der Waals surface area contributed by atoms with Crippen LogP contribution in [0.4, 0.5) is 5.69 Å². The minimum absolute atomic E-state index is 0.0792. The van der Waals surface area contributed by atoms with Gasteiger partial charge < -0.3 is 0 Å². The van der Waals surface area contributed by atoms with Gasteiger partial charge in [0.1, 0.15) is 0 Å². The molecule has 0 atom stereocenters. The zero-order chi connectivity index (χ0) is 16.8. The van der Waals surface area contributed by atoms with Crippen molar-refractivity contribution in [3.63, 3.8) is 0 Å². The number of hydrogen-bond acceptors (Lipinski definition) is 3. The minimum atomic E-state index is -0.0792. The number of aryl methyl sites for hydroxylation is 1. The SMILES string of the molecule is Cc1cccc2c1CCN(C(=O)c1cc3ccc(Br)cn3n1)N2C. The van der Waals surface area contributed by atoms with Crippen LogP contribution in [0, 0.1) is 6.92 Å². The molecule has 3 aromatic rings. The second-order valence-corrected chi connectivity index (χ2v) is 6.94. The van der Waals surface area contributed by atoms with E-state index in [1.807, 2.05) is 42.5 Å². The summed E-state index contributed by atoms with van der Waals surface area (Å²) >= 11 is 3.43. The van der Waals surface area contributed by atoms with Crippen molar-refractivity contribution in [3.05, 3.63) is 63.9 Å². The van der Waals surface area contributed by atoms with E-state index >= 15 is 0 Å². The van der Waals surface area contributed by atoms with Crippen LogP contribution in [0.1, 0.15) is 21.6 Å². The Balaban J connectivity index is 1.69. The van der Waals surface area contributed by atoms with E-state index in [4.69, 9.17) is 0 Å². The van der Waals surface area contributed by atoms with Crippen LogP contribution in [0.3, 0.4) is 0 Å². The second kappa shape index (κ2) is 5.63. The predicted octanol–water partition coefficient (Wildman–Crippen LogP) is 3.45. The number of hydrogen-bond donors (Lipinski definition) is 0. The molecule has 1 aliphatic rings. The third kappa shape index (κ3) is 2.38. The highest BCUT2D eigenvalue weighted by atomic mass is 79.9. The molecule has 1 amide bonds. The lowest BCUT2D eigenvalue weighted by Gasteiger charge is -2.38. The maximum absolute atomic E-state index is 13.0. The largest absolute Gasteiger partial charge is 0.292 e. The number of pyridine rings is 1. The fourth-order valence-electron chi connectivity index (χ4n) is 3.25. The normalized spacial score (nSPS) is 14.1. The van der Waals surface area contributed by atoms with Gasteiger partial charge in [-0.3, -0.25) is 9.80 Å². The van der Waals surface area contributed by atoms with Crippen molar-refractivity contribution in [1.82, 2.24) is 14.6 Å². The number of fused-ring (bicyclic) bond motifs is 2. The van der Waals surface area contributed by atoms with Gasteiger partial charge in [0, 0.05) is 24.3 Å². The molecule has 0 saturated heterocycles. The van der Waals surface area contributed by atoms with E-state index in [-0.39, 0.29) is 5.91 Å². The number of carbonyl (C=O) groups is 1. The van der Waals surface area contributed by atoms with Crippen LogP contribution in [0.25, 0.3) is 5.52 Å². The van der Waals surface area contributed by atoms with Crippen molar-refractivity contribution in [3.8, 4) is 0 Å². The van der Waals surface area contributed by atoms with E-state index in [9.17, 15) is 4.79 Å². The highest BCUT2D eigenvalue weighted by Gasteiger charge is 2.28. The molecule has 5 nitrogen and oxygen atoms in total. The van der Waals surface area contributed by atoms with E-state index in [1.54, 1.807) is 9.52 Å². The molecule has 2 aromatic heterocycles. The number of aromatic nitrogens is 2. The molecule has 0 saturated carbocycles. The van der Waals surface area contributed by atoms with Crippen molar-refractivity contribution in [2.75, 3.05) is 18.6 Å². The van der Waals surface area contributed by atoms with E-state index < -0.39 is 0 Å². The molecule has 24 heavy (non-hydrogen) atoms. The fraction of sp³-hybridized carbons (Fsp3) is 0.222. The maximum atomic E-state index is 13.0. The number of anilines is 1. The average Bonchev–Trinajstić information content (AvgIpc) is 2.98. The Morgan fingerprint density at radius 3 is 2.92 bits per heavy atom. The number of rotatable bonds is 1. The molecule has 4 rings (SSSR count). The van der Waals surface area contributed by atoms with Gasteiger partial charge in [-0.15, -0.1) is 0 Å². The summed E-state index contributed by atoms with van der Waals surface area (Å²) in [4.78, 5) is 13.0. The molecule has 0 aliphatic carbocycles. The first-order valence-electron chi connectivity index (χ1n) is 7.83. The summed E-state index contributed by atoms with van der Waals surface area (Å²) in [6.07, 6.45) is 2.71. The molecule has 0 N–H and O–H groups in total. The third-order valence-electron chi connectivity index (χ3n) is 4.55. The second-order valence-electron chi connectivity index (χ2n) is 6.02. The zero-order valence-electron chi connectivity index (χ0n) is 13.5. The zero-order valence-corrected chi connectivity index (χ0v) is 15.1.